The minimum Gasteiger partial charge on any atom is -0.354 e. The lowest BCUT2D eigenvalue weighted by Gasteiger charge is -2.30. The van der Waals surface area contributed by atoms with Crippen LogP contribution in [0.3, 0.4) is 0 Å². The maximum Gasteiger partial charge on any atom is 0.242 e. The van der Waals surface area contributed by atoms with Gasteiger partial charge in [0, 0.05) is 18.0 Å². The lowest BCUT2D eigenvalue weighted by atomic mass is 10.1. The van der Waals surface area contributed by atoms with Crippen molar-refractivity contribution in [3.8, 4) is 0 Å². The van der Waals surface area contributed by atoms with Gasteiger partial charge in [-0.2, -0.15) is 0 Å². The molecule has 1 N–H and O–H groups in total. The first-order valence-electron chi connectivity index (χ1n) is 9.95. The molecule has 0 fully saturated rings. The third kappa shape index (κ3) is 7.20. The summed E-state index contributed by atoms with van der Waals surface area (Å²) in [5, 5.41) is 2.89. The minimum absolute atomic E-state index is 0.113. The van der Waals surface area contributed by atoms with Gasteiger partial charge in [-0.3, -0.25) is 9.59 Å². The number of nitrogens with one attached hydrogen (secondary N) is 1. The second-order valence-corrected chi connectivity index (χ2v) is 8.01. The molecule has 0 aromatic heterocycles. The van der Waals surface area contributed by atoms with Gasteiger partial charge in [0.15, 0.2) is 0 Å². The van der Waals surface area contributed by atoms with Crippen LogP contribution < -0.4 is 5.32 Å². The number of carbonyl (C=O) groups is 2. The molecule has 0 saturated carbocycles. The Bertz CT molecular complexity index is 794. The molecule has 29 heavy (non-hydrogen) atoms. The molecule has 0 heterocycles. The number of benzene rings is 2. The maximum atomic E-state index is 13.3. The van der Waals surface area contributed by atoms with E-state index in [2.05, 4.69) is 5.32 Å². The van der Waals surface area contributed by atoms with Crippen LogP contribution >= 0.6 is 11.8 Å². The largest absolute Gasteiger partial charge is 0.354 e. The van der Waals surface area contributed by atoms with Crippen molar-refractivity contribution < 1.29 is 14.0 Å². The number of hydrogen-bond acceptors (Lipinski definition) is 3. The summed E-state index contributed by atoms with van der Waals surface area (Å²) in [7, 11) is 0. The molecule has 0 aliphatic carbocycles. The Kier molecular flexibility index (Phi) is 9.19. The van der Waals surface area contributed by atoms with Gasteiger partial charge in [-0.1, -0.05) is 43.7 Å². The van der Waals surface area contributed by atoms with E-state index in [0.29, 0.717) is 13.0 Å². The lowest BCUT2D eigenvalue weighted by Crippen LogP contribution is -2.49. The highest BCUT2D eigenvalue weighted by atomic mass is 32.2. The van der Waals surface area contributed by atoms with E-state index < -0.39 is 6.04 Å². The molecule has 4 nitrogen and oxygen atoms in total. The van der Waals surface area contributed by atoms with Crippen molar-refractivity contribution in [2.75, 3.05) is 12.3 Å². The summed E-state index contributed by atoms with van der Waals surface area (Å²) in [6.07, 6.45) is 1.34. The second-order valence-electron chi connectivity index (χ2n) is 6.96. The van der Waals surface area contributed by atoms with Crippen molar-refractivity contribution in [3.05, 3.63) is 65.5 Å². The quantitative estimate of drug-likeness (QED) is 0.578. The zero-order chi connectivity index (χ0) is 21.2. The van der Waals surface area contributed by atoms with Gasteiger partial charge in [-0.15, -0.1) is 11.8 Å². The average Bonchev–Trinajstić information content (AvgIpc) is 2.72. The Balaban J connectivity index is 2.16. The van der Waals surface area contributed by atoms with E-state index in [1.165, 1.54) is 23.9 Å². The smallest absolute Gasteiger partial charge is 0.242 e. The van der Waals surface area contributed by atoms with Crippen LogP contribution in [0.2, 0.25) is 0 Å². The molecule has 156 valence electrons. The maximum absolute atomic E-state index is 13.3. The van der Waals surface area contributed by atoms with Gasteiger partial charge in [0.05, 0.1) is 5.75 Å². The Morgan fingerprint density at radius 2 is 1.72 bits per heavy atom. The van der Waals surface area contributed by atoms with E-state index in [1.54, 1.807) is 17.0 Å². The number of amides is 2. The summed E-state index contributed by atoms with van der Waals surface area (Å²) >= 11 is 1.45. The third-order valence-corrected chi connectivity index (χ3v) is 5.58. The summed E-state index contributed by atoms with van der Waals surface area (Å²) in [5.74, 6) is -0.347. The van der Waals surface area contributed by atoms with E-state index >= 15 is 0 Å². The molecule has 0 aliphatic rings. The molecule has 1 unspecified atom stereocenters. The topological polar surface area (TPSA) is 49.4 Å². The summed E-state index contributed by atoms with van der Waals surface area (Å²) in [4.78, 5) is 28.4. The number of aryl methyl sites for hydroxylation is 1. The summed E-state index contributed by atoms with van der Waals surface area (Å²) in [6, 6.07) is 13.5. The van der Waals surface area contributed by atoms with Crippen LogP contribution in [-0.2, 0) is 16.1 Å². The highest BCUT2D eigenvalue weighted by molar-refractivity contribution is 8.00. The summed E-state index contributed by atoms with van der Waals surface area (Å²) in [5.41, 5.74) is 1.96. The number of halogens is 1. The molecule has 0 bridgehead atoms. The second kappa shape index (κ2) is 11.6. The molecule has 2 aromatic carbocycles. The van der Waals surface area contributed by atoms with Crippen LogP contribution in [0.25, 0.3) is 0 Å². The normalized spacial score (nSPS) is 11.7. The number of thioether (sulfide) groups is 1. The predicted octanol–water partition coefficient (Wildman–Crippen LogP) is 4.56. The van der Waals surface area contributed by atoms with E-state index in [4.69, 9.17) is 0 Å². The first-order valence-corrected chi connectivity index (χ1v) is 10.9. The van der Waals surface area contributed by atoms with Crippen LogP contribution in [-0.4, -0.2) is 35.1 Å². The molecule has 1 atom stereocenters. The summed E-state index contributed by atoms with van der Waals surface area (Å²) < 4.78 is 13.3. The van der Waals surface area contributed by atoms with Crippen LogP contribution in [0.4, 0.5) is 4.39 Å². The van der Waals surface area contributed by atoms with E-state index in [9.17, 15) is 14.0 Å². The monoisotopic (exact) mass is 416 g/mol. The van der Waals surface area contributed by atoms with Crippen molar-refractivity contribution in [1.29, 1.82) is 0 Å². The van der Waals surface area contributed by atoms with Crippen LogP contribution in [0, 0.1) is 12.7 Å². The SMILES string of the molecule is CCCNC(=O)C(CC)N(Cc1ccc(F)cc1)C(=O)CSc1ccc(C)cc1. The zero-order valence-electron chi connectivity index (χ0n) is 17.3. The van der Waals surface area contributed by atoms with Crippen molar-refractivity contribution in [2.45, 2.75) is 51.1 Å². The van der Waals surface area contributed by atoms with Crippen LogP contribution in [0.1, 0.15) is 37.8 Å². The zero-order valence-corrected chi connectivity index (χ0v) is 18.1. The molecular formula is C23H29FN2O2S. The van der Waals surface area contributed by atoms with Gasteiger partial charge in [0.1, 0.15) is 11.9 Å². The molecule has 0 saturated heterocycles. The Labute approximate surface area is 176 Å². The minimum atomic E-state index is -0.558. The van der Waals surface area contributed by atoms with Crippen LogP contribution in [0.15, 0.2) is 53.4 Å². The standard InChI is InChI=1S/C23H29FN2O2S/c1-4-14-25-23(28)21(5-2)26(15-18-8-10-19(24)11-9-18)22(27)16-29-20-12-6-17(3)7-13-20/h6-13,21H,4-5,14-16H2,1-3H3,(H,25,28). The van der Waals surface area contributed by atoms with Crippen molar-refractivity contribution in [1.82, 2.24) is 10.2 Å². The molecule has 2 aromatic rings. The first kappa shape index (κ1) is 22.9. The fraction of sp³-hybridized carbons (Fsp3) is 0.391. The fourth-order valence-electron chi connectivity index (χ4n) is 2.93. The first-order chi connectivity index (χ1) is 13.9. The Morgan fingerprint density at radius 1 is 1.07 bits per heavy atom. The number of hydrogen-bond donors (Lipinski definition) is 1. The average molecular weight is 417 g/mol. The lowest BCUT2D eigenvalue weighted by molar-refractivity contribution is -0.139. The Hall–Kier alpha value is -2.34. The van der Waals surface area contributed by atoms with Crippen molar-refractivity contribution >= 4 is 23.6 Å². The molecule has 2 amide bonds. The van der Waals surface area contributed by atoms with Crippen molar-refractivity contribution in [3.63, 3.8) is 0 Å². The number of rotatable bonds is 10. The highest BCUT2D eigenvalue weighted by Gasteiger charge is 2.28. The van der Waals surface area contributed by atoms with Gasteiger partial charge >= 0.3 is 0 Å². The molecular weight excluding hydrogens is 387 g/mol. The highest BCUT2D eigenvalue weighted by Crippen LogP contribution is 2.21. The van der Waals surface area contributed by atoms with Crippen LogP contribution in [0.5, 0.6) is 0 Å². The predicted molar refractivity (Wildman–Crippen MR) is 116 cm³/mol. The Morgan fingerprint density at radius 3 is 2.31 bits per heavy atom. The van der Waals surface area contributed by atoms with Gasteiger partial charge in [-0.05, 0) is 49.6 Å². The summed E-state index contributed by atoms with van der Waals surface area (Å²) in [6.45, 7) is 6.75. The van der Waals surface area contributed by atoms with Gasteiger partial charge in [0.25, 0.3) is 0 Å². The molecule has 0 spiro atoms. The molecule has 6 heteroatoms. The molecule has 0 radical (unpaired) electrons. The van der Waals surface area contributed by atoms with Gasteiger partial charge in [-0.25, -0.2) is 4.39 Å². The van der Waals surface area contributed by atoms with Gasteiger partial charge in [0.2, 0.25) is 11.8 Å². The van der Waals surface area contributed by atoms with E-state index in [0.717, 1.165) is 22.4 Å². The number of nitrogens with zero attached hydrogens (tertiary/aromatic N) is 1. The molecule has 2 rings (SSSR count). The van der Waals surface area contributed by atoms with Crippen molar-refractivity contribution in [2.24, 2.45) is 0 Å². The van der Waals surface area contributed by atoms with E-state index in [-0.39, 0.29) is 29.9 Å². The van der Waals surface area contributed by atoms with E-state index in [1.807, 2.05) is 45.0 Å². The molecule has 0 aliphatic heterocycles. The van der Waals surface area contributed by atoms with Gasteiger partial charge < -0.3 is 10.2 Å². The fourth-order valence-corrected chi connectivity index (χ4v) is 3.72. The number of carbonyl (C=O) groups excluding carboxylic acids is 2. The third-order valence-electron chi connectivity index (χ3n) is 4.58.